The van der Waals surface area contributed by atoms with Crippen molar-refractivity contribution >= 4 is 23.8 Å². The third-order valence-corrected chi connectivity index (χ3v) is 6.46. The number of aromatic nitrogens is 4. The number of aliphatic imine (C=N–C) groups is 2. The molecule has 2 N–H and O–H groups in total. The smallest absolute Gasteiger partial charge is 0.123 e. The van der Waals surface area contributed by atoms with Crippen LogP contribution in [-0.2, 0) is 0 Å². The SMILES string of the molecule is CN1CCC[C@H]1c1ncc(C=Nc2ccc(N=Cc3cnc([C@@H]4CCCN4C)[nH]3)cc2)[nH]1. The molecule has 0 aliphatic carbocycles. The zero-order chi connectivity index (χ0) is 21.9. The van der Waals surface area contributed by atoms with Crippen molar-refractivity contribution in [2.24, 2.45) is 9.98 Å². The van der Waals surface area contributed by atoms with Gasteiger partial charge in [0.1, 0.15) is 11.6 Å². The monoisotopic (exact) mass is 430 g/mol. The van der Waals surface area contributed by atoms with Crippen molar-refractivity contribution in [1.82, 2.24) is 29.7 Å². The standard InChI is InChI=1S/C24H30N8/c1-31-11-3-5-21(31)23-27-15-19(29-23)13-25-17-7-9-18(10-8-17)26-14-20-16-28-24(30-20)22-6-4-12-32(22)2/h7-10,13-16,21-22H,3-6,11-12H2,1-2H3,(H,27,29)(H,28,30)/t21-,22-/m0/s1. The fourth-order valence-electron chi connectivity index (χ4n) is 4.60. The van der Waals surface area contributed by atoms with Crippen LogP contribution in [0.1, 0.15) is 60.8 Å². The molecule has 0 amide bonds. The highest BCUT2D eigenvalue weighted by Crippen LogP contribution is 2.29. The van der Waals surface area contributed by atoms with Gasteiger partial charge in [-0.1, -0.05) is 0 Å². The molecule has 2 fully saturated rings. The van der Waals surface area contributed by atoms with Crippen LogP contribution < -0.4 is 0 Å². The summed E-state index contributed by atoms with van der Waals surface area (Å²) in [4.78, 5) is 29.7. The first kappa shape index (κ1) is 20.8. The third kappa shape index (κ3) is 4.56. The maximum atomic E-state index is 4.57. The van der Waals surface area contributed by atoms with Gasteiger partial charge < -0.3 is 9.97 Å². The van der Waals surface area contributed by atoms with E-state index >= 15 is 0 Å². The Morgan fingerprint density at radius 2 is 1.22 bits per heavy atom. The van der Waals surface area contributed by atoms with Gasteiger partial charge in [-0.25, -0.2) is 9.97 Å². The van der Waals surface area contributed by atoms with Gasteiger partial charge in [0.05, 0.1) is 59.7 Å². The van der Waals surface area contributed by atoms with Crippen LogP contribution in [0, 0.1) is 0 Å². The molecule has 0 spiro atoms. The van der Waals surface area contributed by atoms with Crippen molar-refractivity contribution in [2.45, 2.75) is 37.8 Å². The van der Waals surface area contributed by atoms with E-state index in [2.05, 4.69) is 53.8 Å². The molecular weight excluding hydrogens is 400 g/mol. The fourth-order valence-corrected chi connectivity index (χ4v) is 4.60. The van der Waals surface area contributed by atoms with Crippen LogP contribution in [-0.4, -0.2) is 69.3 Å². The van der Waals surface area contributed by atoms with E-state index < -0.39 is 0 Å². The van der Waals surface area contributed by atoms with E-state index in [0.717, 1.165) is 60.3 Å². The number of H-pyrrole nitrogens is 2. The number of rotatable bonds is 6. The largest absolute Gasteiger partial charge is 0.340 e. The van der Waals surface area contributed by atoms with Gasteiger partial charge in [0.25, 0.3) is 0 Å². The summed E-state index contributed by atoms with van der Waals surface area (Å²) in [6, 6.07) is 8.65. The van der Waals surface area contributed by atoms with Crippen molar-refractivity contribution in [1.29, 1.82) is 0 Å². The number of benzene rings is 1. The molecule has 0 unspecified atom stereocenters. The summed E-state index contributed by atoms with van der Waals surface area (Å²) in [6.45, 7) is 2.26. The van der Waals surface area contributed by atoms with Crippen molar-refractivity contribution in [3.05, 3.63) is 59.7 Å². The molecule has 2 aliphatic heterocycles. The molecule has 2 saturated heterocycles. The molecule has 0 bridgehead atoms. The lowest BCUT2D eigenvalue weighted by Crippen LogP contribution is -2.18. The normalized spacial score (nSPS) is 22.7. The van der Waals surface area contributed by atoms with E-state index in [-0.39, 0.29) is 0 Å². The Hall–Kier alpha value is -3.10. The molecular formula is C24H30N8. The Balaban J connectivity index is 1.19. The second-order valence-corrected chi connectivity index (χ2v) is 8.76. The van der Waals surface area contributed by atoms with Gasteiger partial charge in [-0.3, -0.25) is 19.8 Å². The van der Waals surface area contributed by atoms with E-state index in [1.165, 1.54) is 12.8 Å². The molecule has 8 nitrogen and oxygen atoms in total. The lowest BCUT2D eigenvalue weighted by atomic mass is 10.2. The highest BCUT2D eigenvalue weighted by molar-refractivity contribution is 5.80. The highest BCUT2D eigenvalue weighted by Gasteiger charge is 2.25. The Kier molecular flexibility index (Phi) is 5.96. The van der Waals surface area contributed by atoms with Crippen LogP contribution >= 0.6 is 0 Å². The van der Waals surface area contributed by atoms with Gasteiger partial charge in [0.2, 0.25) is 0 Å². The molecule has 2 atom stereocenters. The zero-order valence-corrected chi connectivity index (χ0v) is 18.7. The lowest BCUT2D eigenvalue weighted by molar-refractivity contribution is 0.307. The molecule has 0 radical (unpaired) electrons. The summed E-state index contributed by atoms with van der Waals surface area (Å²) in [6.07, 6.45) is 12.1. The van der Waals surface area contributed by atoms with Gasteiger partial charge in [0.15, 0.2) is 0 Å². The van der Waals surface area contributed by atoms with Crippen molar-refractivity contribution in [2.75, 3.05) is 27.2 Å². The fraction of sp³-hybridized carbons (Fsp3) is 0.417. The molecule has 2 aromatic heterocycles. The second-order valence-electron chi connectivity index (χ2n) is 8.76. The topological polar surface area (TPSA) is 88.6 Å². The number of nitrogens with one attached hydrogen (secondary N) is 2. The summed E-state index contributed by atoms with van der Waals surface area (Å²) in [5, 5.41) is 0. The first-order valence-electron chi connectivity index (χ1n) is 11.3. The van der Waals surface area contributed by atoms with Crippen LogP contribution in [0.25, 0.3) is 0 Å². The van der Waals surface area contributed by atoms with E-state index in [9.17, 15) is 0 Å². The van der Waals surface area contributed by atoms with Crippen LogP contribution in [0.5, 0.6) is 0 Å². The average molecular weight is 431 g/mol. The van der Waals surface area contributed by atoms with Gasteiger partial charge >= 0.3 is 0 Å². The predicted molar refractivity (Wildman–Crippen MR) is 127 cm³/mol. The number of aromatic amines is 2. The average Bonchev–Trinajstić information content (AvgIpc) is 3.59. The van der Waals surface area contributed by atoms with Crippen molar-refractivity contribution < 1.29 is 0 Å². The Labute approximate surface area is 188 Å². The first-order chi connectivity index (χ1) is 15.7. The van der Waals surface area contributed by atoms with Crippen molar-refractivity contribution in [3.63, 3.8) is 0 Å². The Morgan fingerprint density at radius 1 is 0.781 bits per heavy atom. The number of likely N-dealkylation sites (tertiary alicyclic amines) is 2. The van der Waals surface area contributed by atoms with Crippen LogP contribution in [0.3, 0.4) is 0 Å². The van der Waals surface area contributed by atoms with Crippen molar-refractivity contribution in [3.8, 4) is 0 Å². The minimum Gasteiger partial charge on any atom is -0.340 e. The molecule has 5 rings (SSSR count). The molecule has 4 heterocycles. The number of imidazole rings is 2. The molecule has 1 aromatic carbocycles. The van der Waals surface area contributed by atoms with Gasteiger partial charge in [0, 0.05) is 0 Å². The van der Waals surface area contributed by atoms with Crippen LogP contribution in [0.15, 0.2) is 46.6 Å². The molecule has 2 aliphatic rings. The molecule has 32 heavy (non-hydrogen) atoms. The van der Waals surface area contributed by atoms with Crippen LogP contribution in [0.2, 0.25) is 0 Å². The molecule has 166 valence electrons. The first-order valence-corrected chi connectivity index (χ1v) is 11.3. The maximum Gasteiger partial charge on any atom is 0.123 e. The second kappa shape index (κ2) is 9.18. The quantitative estimate of drug-likeness (QED) is 0.575. The summed E-state index contributed by atoms with van der Waals surface area (Å²) in [7, 11) is 4.30. The zero-order valence-electron chi connectivity index (χ0n) is 18.7. The third-order valence-electron chi connectivity index (χ3n) is 6.46. The number of hydrogen-bond acceptors (Lipinski definition) is 6. The summed E-state index contributed by atoms with van der Waals surface area (Å²) in [5.74, 6) is 2.05. The van der Waals surface area contributed by atoms with E-state index in [4.69, 9.17) is 0 Å². The summed E-state index contributed by atoms with van der Waals surface area (Å²) >= 11 is 0. The van der Waals surface area contributed by atoms with E-state index in [0.29, 0.717) is 12.1 Å². The molecule has 8 heteroatoms. The minimum absolute atomic E-state index is 0.388. The molecule has 0 saturated carbocycles. The predicted octanol–water partition coefficient (Wildman–Crippen LogP) is 4.17. The summed E-state index contributed by atoms with van der Waals surface area (Å²) < 4.78 is 0. The molecule has 3 aromatic rings. The highest BCUT2D eigenvalue weighted by atomic mass is 15.2. The number of nitrogens with zero attached hydrogens (tertiary/aromatic N) is 6. The maximum absolute atomic E-state index is 4.57. The number of hydrogen-bond donors (Lipinski definition) is 2. The van der Waals surface area contributed by atoms with Gasteiger partial charge in [-0.05, 0) is 77.1 Å². The van der Waals surface area contributed by atoms with E-state index in [1.807, 2.05) is 49.1 Å². The minimum atomic E-state index is 0.388. The van der Waals surface area contributed by atoms with E-state index in [1.54, 1.807) is 0 Å². The Bertz CT molecular complexity index is 1010. The lowest BCUT2D eigenvalue weighted by Gasteiger charge is -2.16. The summed E-state index contributed by atoms with van der Waals surface area (Å²) in [5.41, 5.74) is 3.60. The van der Waals surface area contributed by atoms with Gasteiger partial charge in [-0.15, -0.1) is 0 Å². The van der Waals surface area contributed by atoms with Gasteiger partial charge in [-0.2, -0.15) is 0 Å². The van der Waals surface area contributed by atoms with Crippen LogP contribution in [0.4, 0.5) is 11.4 Å². The Morgan fingerprint density at radius 3 is 1.59 bits per heavy atom.